The first-order valence-corrected chi connectivity index (χ1v) is 16.6. The third-order valence-electron chi connectivity index (χ3n) is 8.87. The van der Waals surface area contributed by atoms with Crippen molar-refractivity contribution >= 4 is 29.6 Å². The van der Waals surface area contributed by atoms with Crippen LogP contribution in [0.4, 0.5) is 0 Å². The van der Waals surface area contributed by atoms with E-state index in [-0.39, 0.29) is 34.6 Å². The second-order valence-corrected chi connectivity index (χ2v) is 12.5. The van der Waals surface area contributed by atoms with E-state index in [0.717, 1.165) is 35.3 Å². The van der Waals surface area contributed by atoms with Crippen LogP contribution >= 0.6 is 0 Å². The number of aryl methyl sites for hydroxylation is 1. The number of aromatic hydroxyl groups is 2. The van der Waals surface area contributed by atoms with Crippen molar-refractivity contribution in [3.8, 4) is 33.8 Å². The fourth-order valence-electron chi connectivity index (χ4n) is 5.95. The van der Waals surface area contributed by atoms with Gasteiger partial charge in [0.1, 0.15) is 23.6 Å². The number of likely N-dealkylation sites (N-methyl/N-ethyl adjacent to an activating group) is 1. The Balaban J connectivity index is 1.35. The third-order valence-corrected chi connectivity index (χ3v) is 8.87. The number of phenolic OH excluding ortho intramolecular Hbond substituents is 2. The van der Waals surface area contributed by atoms with Gasteiger partial charge in [0.2, 0.25) is 17.7 Å². The minimum absolute atomic E-state index is 0.127. The number of carboxylic acids is 1. The fourth-order valence-corrected chi connectivity index (χ4v) is 5.95. The van der Waals surface area contributed by atoms with Crippen LogP contribution in [0, 0.1) is 0 Å². The van der Waals surface area contributed by atoms with Crippen molar-refractivity contribution in [2.24, 2.45) is 0 Å². The largest absolute Gasteiger partial charge is 0.507 e. The first-order chi connectivity index (χ1) is 24.4. The van der Waals surface area contributed by atoms with Crippen molar-refractivity contribution in [3.05, 3.63) is 107 Å². The maximum Gasteiger partial charge on any atom is 0.326 e. The summed E-state index contributed by atoms with van der Waals surface area (Å²) in [5.41, 5.74) is 4.52. The Morgan fingerprint density at radius 2 is 1.49 bits per heavy atom. The SMILES string of the molecule is CCCCc1ccc(-c2ccc(C(=O)NCC(=O)N(C)C3C(=O)NCC(=O)NC(C(=O)O)Cc4ccc(O)c(c4)-c4cc3ccc4O)cc2)cc1. The number of amides is 4. The highest BCUT2D eigenvalue weighted by Crippen LogP contribution is 2.38. The van der Waals surface area contributed by atoms with Crippen LogP contribution in [0.2, 0.25) is 0 Å². The fraction of sp³-hybridized carbons (Fsp3) is 0.256. The summed E-state index contributed by atoms with van der Waals surface area (Å²) in [5, 5.41) is 38.6. The molecule has 5 rings (SSSR count). The van der Waals surface area contributed by atoms with Crippen LogP contribution in [-0.4, -0.2) is 76.0 Å². The third kappa shape index (κ3) is 8.71. The minimum atomic E-state index is -1.35. The molecule has 2 atom stereocenters. The molecule has 12 heteroatoms. The highest BCUT2D eigenvalue weighted by atomic mass is 16.4. The second-order valence-electron chi connectivity index (χ2n) is 12.5. The number of unbranched alkanes of at least 4 members (excludes halogenated alkanes) is 1. The van der Waals surface area contributed by atoms with Crippen molar-refractivity contribution in [1.29, 1.82) is 0 Å². The van der Waals surface area contributed by atoms with Gasteiger partial charge in [0, 0.05) is 30.2 Å². The molecule has 4 amide bonds. The Labute approximate surface area is 295 Å². The van der Waals surface area contributed by atoms with E-state index in [0.29, 0.717) is 11.1 Å². The summed E-state index contributed by atoms with van der Waals surface area (Å²) in [6.07, 6.45) is 3.15. The van der Waals surface area contributed by atoms with Crippen molar-refractivity contribution in [3.63, 3.8) is 0 Å². The number of nitrogens with zero attached hydrogens (tertiary/aromatic N) is 1. The summed E-state index contributed by atoms with van der Waals surface area (Å²) >= 11 is 0. The van der Waals surface area contributed by atoms with Crippen LogP contribution in [0.3, 0.4) is 0 Å². The maximum atomic E-state index is 13.6. The van der Waals surface area contributed by atoms with Gasteiger partial charge in [-0.3, -0.25) is 19.2 Å². The predicted molar refractivity (Wildman–Crippen MR) is 190 cm³/mol. The number of benzene rings is 4. The Hall–Kier alpha value is -6.17. The lowest BCUT2D eigenvalue weighted by atomic mass is 9.94. The van der Waals surface area contributed by atoms with Crippen molar-refractivity contribution in [2.45, 2.75) is 44.7 Å². The number of fused-ring (bicyclic) bond motifs is 5. The normalized spacial score (nSPS) is 15.9. The van der Waals surface area contributed by atoms with Gasteiger partial charge in [-0.05, 0) is 77.1 Å². The number of carbonyl (C=O) groups excluding carboxylic acids is 4. The zero-order valence-corrected chi connectivity index (χ0v) is 28.3. The molecule has 264 valence electrons. The van der Waals surface area contributed by atoms with Gasteiger partial charge < -0.3 is 36.2 Å². The van der Waals surface area contributed by atoms with Crippen molar-refractivity contribution < 1.29 is 39.3 Å². The number of phenols is 2. The van der Waals surface area contributed by atoms with E-state index in [2.05, 4.69) is 35.0 Å². The molecule has 0 radical (unpaired) electrons. The van der Waals surface area contributed by atoms with Gasteiger partial charge in [-0.25, -0.2) is 4.79 Å². The van der Waals surface area contributed by atoms with Gasteiger partial charge in [0.05, 0.1) is 13.1 Å². The van der Waals surface area contributed by atoms with Crippen LogP contribution in [0.5, 0.6) is 11.5 Å². The average molecular weight is 693 g/mol. The molecule has 6 N–H and O–H groups in total. The first kappa shape index (κ1) is 36.1. The Morgan fingerprint density at radius 1 is 0.863 bits per heavy atom. The van der Waals surface area contributed by atoms with E-state index in [1.807, 2.05) is 24.3 Å². The molecule has 0 aromatic heterocycles. The lowest BCUT2D eigenvalue weighted by Gasteiger charge is -2.28. The van der Waals surface area contributed by atoms with Gasteiger partial charge >= 0.3 is 5.97 Å². The topological polar surface area (TPSA) is 185 Å². The molecule has 0 fully saturated rings. The summed E-state index contributed by atoms with van der Waals surface area (Å²) in [7, 11) is 1.36. The molecule has 0 saturated carbocycles. The molecule has 2 unspecified atom stereocenters. The van der Waals surface area contributed by atoms with E-state index in [9.17, 15) is 39.3 Å². The predicted octanol–water partition coefficient (Wildman–Crippen LogP) is 3.95. The summed E-state index contributed by atoms with van der Waals surface area (Å²) < 4.78 is 0. The quantitative estimate of drug-likeness (QED) is 0.152. The van der Waals surface area contributed by atoms with Crippen molar-refractivity contribution in [2.75, 3.05) is 20.1 Å². The van der Waals surface area contributed by atoms with Gasteiger partial charge in [0.15, 0.2) is 0 Å². The average Bonchev–Trinajstić information content (AvgIpc) is 3.13. The number of carbonyl (C=O) groups is 5. The zero-order valence-electron chi connectivity index (χ0n) is 28.3. The Kier molecular flexibility index (Phi) is 11.4. The molecule has 1 heterocycles. The van der Waals surface area contributed by atoms with E-state index in [1.165, 1.54) is 49.0 Å². The molecule has 4 aromatic carbocycles. The maximum absolute atomic E-state index is 13.6. The molecule has 4 bridgehead atoms. The molecular formula is C39H40N4O8. The van der Waals surface area contributed by atoms with E-state index in [1.54, 1.807) is 12.1 Å². The summed E-state index contributed by atoms with van der Waals surface area (Å²) in [6.45, 7) is 1.11. The molecule has 0 saturated heterocycles. The highest BCUT2D eigenvalue weighted by molar-refractivity contribution is 5.98. The van der Waals surface area contributed by atoms with Gasteiger partial charge in [-0.15, -0.1) is 0 Å². The summed E-state index contributed by atoms with van der Waals surface area (Å²) in [4.78, 5) is 65.8. The first-order valence-electron chi connectivity index (χ1n) is 16.6. The number of hydrogen-bond acceptors (Lipinski definition) is 7. The van der Waals surface area contributed by atoms with Crippen LogP contribution in [-0.2, 0) is 32.0 Å². The second kappa shape index (κ2) is 16.0. The Morgan fingerprint density at radius 3 is 2.14 bits per heavy atom. The Bertz CT molecular complexity index is 1940. The van der Waals surface area contributed by atoms with Gasteiger partial charge in [0.25, 0.3) is 5.91 Å². The molecule has 0 aliphatic carbocycles. The lowest BCUT2D eigenvalue weighted by molar-refractivity contribution is -0.142. The van der Waals surface area contributed by atoms with E-state index >= 15 is 0 Å². The number of nitrogens with one attached hydrogen (secondary N) is 3. The molecule has 1 aliphatic rings. The smallest absolute Gasteiger partial charge is 0.326 e. The van der Waals surface area contributed by atoms with Crippen LogP contribution in [0.1, 0.15) is 52.9 Å². The summed E-state index contributed by atoms with van der Waals surface area (Å²) in [6, 6.07) is 21.1. The highest BCUT2D eigenvalue weighted by Gasteiger charge is 2.31. The van der Waals surface area contributed by atoms with Crippen LogP contribution in [0.25, 0.3) is 22.3 Å². The molecule has 0 spiro atoms. The number of hydrogen-bond donors (Lipinski definition) is 6. The molecule has 51 heavy (non-hydrogen) atoms. The summed E-state index contributed by atoms with van der Waals surface area (Å²) in [5.74, 6) is -4.46. The van der Waals surface area contributed by atoms with Gasteiger partial charge in [-0.2, -0.15) is 0 Å². The lowest BCUT2D eigenvalue weighted by Crippen LogP contribution is -2.49. The zero-order chi connectivity index (χ0) is 36.7. The number of carboxylic acid groups (broad SMARTS) is 1. The van der Waals surface area contributed by atoms with E-state index < -0.39 is 54.8 Å². The van der Waals surface area contributed by atoms with Gasteiger partial charge in [-0.1, -0.05) is 61.9 Å². The van der Waals surface area contributed by atoms with Crippen LogP contribution < -0.4 is 16.0 Å². The molecular weight excluding hydrogens is 652 g/mol. The van der Waals surface area contributed by atoms with E-state index in [4.69, 9.17) is 0 Å². The number of rotatable bonds is 9. The molecule has 12 nitrogen and oxygen atoms in total. The van der Waals surface area contributed by atoms with Crippen LogP contribution in [0.15, 0.2) is 84.9 Å². The monoisotopic (exact) mass is 692 g/mol. The molecule has 4 aromatic rings. The molecule has 1 aliphatic heterocycles. The minimum Gasteiger partial charge on any atom is -0.507 e. The standard InChI is InChI=1S/C39H40N4O8/c1-3-4-5-23-6-9-25(10-7-23)26-11-13-27(14-12-26)37(48)41-22-35(47)43(2)36-28-15-17-33(45)30(20-28)29-18-24(8-16-32(29)44)19-31(39(50)51)42-34(46)21-40-38(36)49/h6-18,20,31,36,44-45H,3-5,19,21-22H2,1-2H3,(H,40,49)(H,41,48)(H,42,46)(H,50,51). The van der Waals surface area contributed by atoms with Crippen molar-refractivity contribution in [1.82, 2.24) is 20.9 Å². The number of aliphatic carboxylic acids is 1.